The molecule has 0 aromatic rings. The van der Waals surface area contributed by atoms with Crippen molar-refractivity contribution in [2.45, 2.75) is 44.2 Å². The van der Waals surface area contributed by atoms with Gasteiger partial charge in [0, 0.05) is 6.54 Å². The molecule has 0 amide bonds. The van der Waals surface area contributed by atoms with Crippen molar-refractivity contribution >= 4 is 17.0 Å². The summed E-state index contributed by atoms with van der Waals surface area (Å²) in [5.41, 5.74) is 0. The molecular formula is C11H18F3NO3S. The Bertz CT molecular complexity index is 378. The summed E-state index contributed by atoms with van der Waals surface area (Å²) in [4.78, 5) is 11.4. The van der Waals surface area contributed by atoms with Crippen LogP contribution in [0.25, 0.3) is 0 Å². The van der Waals surface area contributed by atoms with E-state index in [1.54, 1.807) is 20.8 Å². The Morgan fingerprint density at radius 2 is 1.84 bits per heavy atom. The summed E-state index contributed by atoms with van der Waals surface area (Å²) in [6, 6.07) is -2.04. The summed E-state index contributed by atoms with van der Waals surface area (Å²) < 4.78 is 56.0. The highest BCUT2D eigenvalue weighted by Crippen LogP contribution is 2.39. The number of methoxy groups -OCH3 is 1. The van der Waals surface area contributed by atoms with Gasteiger partial charge in [-0.2, -0.15) is 13.2 Å². The van der Waals surface area contributed by atoms with Crippen molar-refractivity contribution in [2.75, 3.05) is 13.7 Å². The van der Waals surface area contributed by atoms with Crippen LogP contribution in [-0.2, 0) is 20.5 Å². The van der Waals surface area contributed by atoms with Crippen LogP contribution in [0, 0.1) is 5.92 Å². The van der Waals surface area contributed by atoms with Gasteiger partial charge in [-0.05, 0) is 27.2 Å². The fourth-order valence-electron chi connectivity index (χ4n) is 2.09. The van der Waals surface area contributed by atoms with Crippen LogP contribution in [0.5, 0.6) is 0 Å². The number of alkyl halides is 3. The van der Waals surface area contributed by atoms with Gasteiger partial charge in [0.15, 0.2) is 0 Å². The Morgan fingerprint density at radius 1 is 1.32 bits per heavy atom. The summed E-state index contributed by atoms with van der Waals surface area (Å²) in [5.74, 6) is -2.22. The van der Waals surface area contributed by atoms with E-state index in [0.29, 0.717) is 0 Å². The van der Waals surface area contributed by atoms with Crippen LogP contribution < -0.4 is 0 Å². The summed E-state index contributed by atoms with van der Waals surface area (Å²) in [5, 5.41) is 0. The minimum atomic E-state index is -4.61. The molecule has 19 heavy (non-hydrogen) atoms. The predicted octanol–water partition coefficient (Wildman–Crippen LogP) is 1.87. The zero-order valence-electron chi connectivity index (χ0n) is 11.3. The Labute approximate surface area is 112 Å². The van der Waals surface area contributed by atoms with E-state index >= 15 is 0 Å². The van der Waals surface area contributed by atoms with Crippen LogP contribution in [0.3, 0.4) is 0 Å². The van der Waals surface area contributed by atoms with Crippen molar-refractivity contribution < 1.29 is 26.9 Å². The van der Waals surface area contributed by atoms with E-state index in [9.17, 15) is 22.2 Å². The number of halogens is 3. The van der Waals surface area contributed by atoms with E-state index in [0.717, 1.165) is 11.4 Å². The lowest BCUT2D eigenvalue weighted by Crippen LogP contribution is -2.50. The molecule has 0 aromatic carbocycles. The van der Waals surface area contributed by atoms with Crippen molar-refractivity contribution in [3.63, 3.8) is 0 Å². The van der Waals surface area contributed by atoms with Crippen molar-refractivity contribution in [2.24, 2.45) is 5.92 Å². The monoisotopic (exact) mass is 301 g/mol. The molecule has 0 aliphatic carbocycles. The first kappa shape index (κ1) is 16.4. The van der Waals surface area contributed by atoms with Crippen molar-refractivity contribution in [1.82, 2.24) is 4.31 Å². The molecule has 0 unspecified atom stereocenters. The number of ether oxygens (including phenoxy) is 1. The van der Waals surface area contributed by atoms with Crippen molar-refractivity contribution in [3.05, 3.63) is 0 Å². The molecule has 0 spiro atoms. The molecule has 1 saturated heterocycles. The summed E-state index contributed by atoms with van der Waals surface area (Å²) in [7, 11) is -0.768. The van der Waals surface area contributed by atoms with Gasteiger partial charge in [0.25, 0.3) is 0 Å². The van der Waals surface area contributed by atoms with Crippen LogP contribution in [-0.4, -0.2) is 45.1 Å². The fourth-order valence-corrected chi connectivity index (χ4v) is 3.54. The second-order valence-corrected chi connectivity index (χ2v) is 7.60. The zero-order valence-corrected chi connectivity index (χ0v) is 12.1. The van der Waals surface area contributed by atoms with Crippen molar-refractivity contribution in [3.8, 4) is 0 Å². The molecule has 4 nitrogen and oxygen atoms in total. The molecular weight excluding hydrogens is 283 g/mol. The standard InChI is InChI=1S/C11H18F3NO3S/c1-10(2,3)19(17)15-6-5-7(9(16)18-4)8(15)11(12,13)14/h7-8H,5-6H2,1-4H3/t7-,8-,19+/m0/s1. The molecule has 1 aliphatic rings. The first-order valence-corrected chi connectivity index (χ1v) is 6.94. The molecule has 0 N–H and O–H groups in total. The average molecular weight is 301 g/mol. The van der Waals surface area contributed by atoms with Gasteiger partial charge in [-0.25, -0.2) is 8.51 Å². The Hall–Kier alpha value is -0.630. The predicted molar refractivity (Wildman–Crippen MR) is 64.6 cm³/mol. The largest absolute Gasteiger partial charge is 0.469 e. The van der Waals surface area contributed by atoms with Crippen LogP contribution in [0.1, 0.15) is 27.2 Å². The van der Waals surface area contributed by atoms with E-state index in [1.807, 2.05) is 0 Å². The summed E-state index contributed by atoms with van der Waals surface area (Å²) >= 11 is 0. The molecule has 1 fully saturated rings. The minimum absolute atomic E-state index is 0.00132. The number of nitrogens with zero attached hydrogens (tertiary/aromatic N) is 1. The third kappa shape index (κ3) is 3.47. The Morgan fingerprint density at radius 3 is 2.21 bits per heavy atom. The van der Waals surface area contributed by atoms with Crippen LogP contribution >= 0.6 is 0 Å². The first-order valence-electron chi connectivity index (χ1n) is 5.83. The minimum Gasteiger partial charge on any atom is -0.469 e. The molecule has 0 saturated carbocycles. The Kier molecular flexibility index (Phi) is 4.66. The van der Waals surface area contributed by atoms with Gasteiger partial charge in [0.2, 0.25) is 0 Å². The lowest BCUT2D eigenvalue weighted by molar-refractivity contribution is -0.184. The zero-order chi connectivity index (χ0) is 15.0. The number of hydrogen-bond acceptors (Lipinski definition) is 3. The second kappa shape index (κ2) is 5.40. The third-order valence-electron chi connectivity index (χ3n) is 2.93. The van der Waals surface area contributed by atoms with Gasteiger partial charge in [0.05, 0.1) is 17.8 Å². The molecule has 8 heteroatoms. The van der Waals surface area contributed by atoms with Gasteiger partial charge in [0.1, 0.15) is 17.0 Å². The van der Waals surface area contributed by atoms with E-state index in [1.165, 1.54) is 0 Å². The molecule has 1 aliphatic heterocycles. The summed E-state index contributed by atoms with van der Waals surface area (Å²) in [6.07, 6.45) is -4.62. The highest BCUT2D eigenvalue weighted by atomic mass is 32.2. The number of carbonyl (C=O) groups excluding carboxylic acids is 1. The van der Waals surface area contributed by atoms with Gasteiger partial charge in [-0.15, -0.1) is 0 Å². The van der Waals surface area contributed by atoms with E-state index in [4.69, 9.17) is 0 Å². The number of carbonyl (C=O) groups is 1. The van der Waals surface area contributed by atoms with Crippen molar-refractivity contribution in [1.29, 1.82) is 0 Å². The molecule has 1 rings (SSSR count). The number of rotatable bonds is 2. The Balaban J connectivity index is 3.08. The van der Waals surface area contributed by atoms with Gasteiger partial charge >= 0.3 is 12.1 Å². The van der Waals surface area contributed by atoms with Crippen LogP contribution in [0.2, 0.25) is 0 Å². The third-order valence-corrected chi connectivity index (χ3v) is 4.81. The van der Waals surface area contributed by atoms with E-state index in [-0.39, 0.29) is 13.0 Å². The molecule has 0 radical (unpaired) electrons. The SMILES string of the molecule is COC(=O)[C@H]1CCN([S@](=O)C(C)(C)C)[C@@H]1C(F)(F)F. The maximum Gasteiger partial charge on any atom is 0.405 e. The van der Waals surface area contributed by atoms with Crippen LogP contribution in [0.4, 0.5) is 13.2 Å². The molecule has 1 heterocycles. The second-order valence-electron chi connectivity index (χ2n) is 5.41. The summed E-state index contributed by atoms with van der Waals surface area (Å²) in [6.45, 7) is 4.76. The quantitative estimate of drug-likeness (QED) is 0.732. The maximum atomic E-state index is 13.1. The fraction of sp³-hybridized carbons (Fsp3) is 0.909. The van der Waals surface area contributed by atoms with Crippen LogP contribution in [0.15, 0.2) is 0 Å². The molecule has 0 aromatic heterocycles. The lowest BCUT2D eigenvalue weighted by atomic mass is 10.0. The lowest BCUT2D eigenvalue weighted by Gasteiger charge is -2.32. The molecule has 3 atom stereocenters. The smallest absolute Gasteiger partial charge is 0.405 e. The van der Waals surface area contributed by atoms with E-state index < -0.39 is 39.8 Å². The maximum absolute atomic E-state index is 13.1. The highest BCUT2D eigenvalue weighted by molar-refractivity contribution is 7.84. The number of hydrogen-bond donors (Lipinski definition) is 0. The normalized spacial score (nSPS) is 27.3. The topological polar surface area (TPSA) is 46.6 Å². The number of esters is 1. The highest BCUT2D eigenvalue weighted by Gasteiger charge is 2.57. The first-order chi connectivity index (χ1) is 8.50. The van der Waals surface area contributed by atoms with E-state index in [2.05, 4.69) is 4.74 Å². The average Bonchev–Trinajstić information content (AvgIpc) is 2.69. The van der Waals surface area contributed by atoms with Gasteiger partial charge < -0.3 is 4.74 Å². The van der Waals surface area contributed by atoms with Gasteiger partial charge in [-0.1, -0.05) is 0 Å². The molecule has 112 valence electrons. The van der Waals surface area contributed by atoms with Gasteiger partial charge in [-0.3, -0.25) is 4.79 Å². The molecule has 0 bridgehead atoms.